The van der Waals surface area contributed by atoms with Crippen LogP contribution in [0.25, 0.3) is 21.6 Å². The number of para-hydroxylation sites is 1. The predicted octanol–water partition coefficient (Wildman–Crippen LogP) is 3.12. The van der Waals surface area contributed by atoms with Gasteiger partial charge in [0.1, 0.15) is 10.8 Å². The SMILES string of the molecule is CNS(=O)(=O)c1ccc(-c2nccn2Cc2nc3ccccc3s2)cc1. The van der Waals surface area contributed by atoms with Crippen LogP contribution >= 0.6 is 11.3 Å². The molecule has 0 bridgehead atoms. The highest BCUT2D eigenvalue weighted by atomic mass is 32.2. The number of nitrogens with one attached hydrogen (secondary N) is 1. The van der Waals surface area contributed by atoms with E-state index in [0.29, 0.717) is 6.54 Å². The average Bonchev–Trinajstić information content (AvgIpc) is 3.28. The van der Waals surface area contributed by atoms with Crippen LogP contribution in [0.3, 0.4) is 0 Å². The second-order valence-electron chi connectivity index (χ2n) is 5.69. The Morgan fingerprint density at radius 1 is 1.12 bits per heavy atom. The highest BCUT2D eigenvalue weighted by molar-refractivity contribution is 7.89. The van der Waals surface area contributed by atoms with Gasteiger partial charge in [-0.3, -0.25) is 0 Å². The van der Waals surface area contributed by atoms with Crippen molar-refractivity contribution in [3.63, 3.8) is 0 Å². The largest absolute Gasteiger partial charge is 0.324 e. The first-order chi connectivity index (χ1) is 12.6. The zero-order valence-electron chi connectivity index (χ0n) is 14.0. The maximum atomic E-state index is 11.9. The Kier molecular flexibility index (Phi) is 4.31. The van der Waals surface area contributed by atoms with Crippen molar-refractivity contribution >= 4 is 31.6 Å². The van der Waals surface area contributed by atoms with Crippen molar-refractivity contribution in [3.8, 4) is 11.4 Å². The molecular weight excluding hydrogens is 368 g/mol. The Labute approximate surface area is 155 Å². The van der Waals surface area contributed by atoms with Crippen molar-refractivity contribution in [1.82, 2.24) is 19.3 Å². The van der Waals surface area contributed by atoms with Crippen molar-refractivity contribution in [2.75, 3.05) is 7.05 Å². The predicted molar refractivity (Wildman–Crippen MR) is 103 cm³/mol. The van der Waals surface area contributed by atoms with E-state index in [0.717, 1.165) is 26.6 Å². The Bertz CT molecular complexity index is 1130. The van der Waals surface area contributed by atoms with Crippen molar-refractivity contribution in [3.05, 3.63) is 65.9 Å². The summed E-state index contributed by atoms with van der Waals surface area (Å²) in [5.74, 6) is 0.776. The minimum absolute atomic E-state index is 0.230. The topological polar surface area (TPSA) is 76.9 Å². The first-order valence-electron chi connectivity index (χ1n) is 7.96. The van der Waals surface area contributed by atoms with E-state index in [9.17, 15) is 8.42 Å². The Hall–Kier alpha value is -2.55. The molecule has 4 aromatic rings. The van der Waals surface area contributed by atoms with Crippen LogP contribution in [0.2, 0.25) is 0 Å². The maximum absolute atomic E-state index is 11.9. The van der Waals surface area contributed by atoms with Gasteiger partial charge >= 0.3 is 0 Å². The van der Waals surface area contributed by atoms with E-state index in [4.69, 9.17) is 0 Å². The minimum atomic E-state index is -3.44. The quantitative estimate of drug-likeness (QED) is 0.574. The van der Waals surface area contributed by atoms with E-state index in [-0.39, 0.29) is 4.90 Å². The van der Waals surface area contributed by atoms with E-state index < -0.39 is 10.0 Å². The number of fused-ring (bicyclic) bond motifs is 1. The monoisotopic (exact) mass is 384 g/mol. The molecule has 0 saturated carbocycles. The third-order valence-corrected chi connectivity index (χ3v) is 6.50. The van der Waals surface area contributed by atoms with Gasteiger partial charge in [0.25, 0.3) is 0 Å². The second-order valence-corrected chi connectivity index (χ2v) is 8.69. The number of hydrogen-bond donors (Lipinski definition) is 1. The molecule has 0 atom stereocenters. The van der Waals surface area contributed by atoms with Crippen molar-refractivity contribution < 1.29 is 8.42 Å². The summed E-state index contributed by atoms with van der Waals surface area (Å²) in [6.45, 7) is 0.616. The minimum Gasteiger partial charge on any atom is -0.324 e. The van der Waals surface area contributed by atoms with Crippen molar-refractivity contribution in [1.29, 1.82) is 0 Å². The third-order valence-electron chi connectivity index (χ3n) is 4.05. The van der Waals surface area contributed by atoms with Crippen LogP contribution in [0.5, 0.6) is 0 Å². The molecule has 6 nitrogen and oxygen atoms in total. The van der Waals surface area contributed by atoms with E-state index in [1.54, 1.807) is 41.8 Å². The number of rotatable bonds is 5. The molecule has 1 N–H and O–H groups in total. The molecule has 8 heteroatoms. The van der Waals surface area contributed by atoms with Crippen molar-refractivity contribution in [2.24, 2.45) is 0 Å². The average molecular weight is 384 g/mol. The Morgan fingerprint density at radius 2 is 1.88 bits per heavy atom. The molecule has 0 aliphatic carbocycles. The fraction of sp³-hybridized carbons (Fsp3) is 0.111. The van der Waals surface area contributed by atoms with E-state index >= 15 is 0 Å². The van der Waals surface area contributed by atoms with Gasteiger partial charge in [-0.2, -0.15) is 0 Å². The highest BCUT2D eigenvalue weighted by Crippen LogP contribution is 2.25. The second kappa shape index (κ2) is 6.64. The van der Waals surface area contributed by atoms with Crippen LogP contribution in [0, 0.1) is 0 Å². The van der Waals surface area contributed by atoms with E-state index in [1.165, 1.54) is 7.05 Å². The summed E-state index contributed by atoms with van der Waals surface area (Å²) in [7, 11) is -2.05. The molecule has 0 fully saturated rings. The van der Waals surface area contributed by atoms with E-state index in [2.05, 4.69) is 20.8 Å². The smallest absolute Gasteiger partial charge is 0.240 e. The summed E-state index contributed by atoms with van der Waals surface area (Å²) < 4.78 is 29.2. The molecule has 0 amide bonds. The summed E-state index contributed by atoms with van der Waals surface area (Å²) in [6, 6.07) is 14.7. The van der Waals surface area contributed by atoms with Crippen LogP contribution in [0.4, 0.5) is 0 Å². The van der Waals surface area contributed by atoms with E-state index in [1.807, 2.05) is 29.0 Å². The molecule has 0 radical (unpaired) electrons. The summed E-state index contributed by atoms with van der Waals surface area (Å²) in [4.78, 5) is 9.32. The Morgan fingerprint density at radius 3 is 2.62 bits per heavy atom. The lowest BCUT2D eigenvalue weighted by Crippen LogP contribution is -2.18. The normalized spacial score (nSPS) is 11.9. The summed E-state index contributed by atoms with van der Waals surface area (Å²) in [6.07, 6.45) is 3.64. The number of imidazole rings is 1. The zero-order chi connectivity index (χ0) is 18.1. The van der Waals surface area contributed by atoms with Gasteiger partial charge in [0, 0.05) is 18.0 Å². The van der Waals surface area contributed by atoms with Gasteiger partial charge in [0.05, 0.1) is 21.7 Å². The standard InChI is InChI=1S/C18H16N4O2S2/c1-19-26(23,24)14-8-6-13(7-9-14)18-20-10-11-22(18)12-17-21-15-4-2-3-5-16(15)25-17/h2-11,19H,12H2,1H3. The van der Waals surface area contributed by atoms with Gasteiger partial charge < -0.3 is 4.57 Å². The lowest BCUT2D eigenvalue weighted by atomic mass is 10.2. The van der Waals surface area contributed by atoms with Gasteiger partial charge in [-0.05, 0) is 43.4 Å². The molecule has 4 rings (SSSR count). The molecule has 0 saturated heterocycles. The van der Waals surface area contributed by atoms with Crippen LogP contribution < -0.4 is 4.72 Å². The van der Waals surface area contributed by atoms with Gasteiger partial charge in [-0.1, -0.05) is 12.1 Å². The summed E-state index contributed by atoms with van der Waals surface area (Å²) >= 11 is 1.66. The fourth-order valence-corrected chi connectivity index (χ4v) is 4.43. The van der Waals surface area contributed by atoms with Gasteiger partial charge in [-0.15, -0.1) is 11.3 Å². The number of sulfonamides is 1. The van der Waals surface area contributed by atoms with Crippen LogP contribution in [0.15, 0.2) is 65.8 Å². The molecule has 26 heavy (non-hydrogen) atoms. The molecule has 2 aromatic heterocycles. The first-order valence-corrected chi connectivity index (χ1v) is 10.3. The van der Waals surface area contributed by atoms with Gasteiger partial charge in [0.2, 0.25) is 10.0 Å². The van der Waals surface area contributed by atoms with Crippen LogP contribution in [-0.4, -0.2) is 30.0 Å². The van der Waals surface area contributed by atoms with Gasteiger partial charge in [0.15, 0.2) is 0 Å². The number of nitrogens with zero attached hydrogens (tertiary/aromatic N) is 3. The van der Waals surface area contributed by atoms with Crippen molar-refractivity contribution in [2.45, 2.75) is 11.4 Å². The van der Waals surface area contributed by atoms with Crippen LogP contribution in [0.1, 0.15) is 5.01 Å². The first kappa shape index (κ1) is 16.9. The number of thiazole rings is 1. The lowest BCUT2D eigenvalue weighted by molar-refractivity contribution is 0.588. The summed E-state index contributed by atoms with van der Waals surface area (Å²) in [5.41, 5.74) is 1.85. The number of aromatic nitrogens is 3. The highest BCUT2D eigenvalue weighted by Gasteiger charge is 2.13. The molecule has 0 aliphatic rings. The molecule has 2 heterocycles. The Balaban J connectivity index is 1.64. The van der Waals surface area contributed by atoms with Gasteiger partial charge in [-0.25, -0.2) is 23.1 Å². The molecule has 132 valence electrons. The summed E-state index contributed by atoms with van der Waals surface area (Å²) in [5, 5.41) is 1.000. The van der Waals surface area contributed by atoms with Crippen LogP contribution in [-0.2, 0) is 16.6 Å². The molecule has 2 aromatic carbocycles. The molecular formula is C18H16N4O2S2. The maximum Gasteiger partial charge on any atom is 0.240 e. The zero-order valence-corrected chi connectivity index (χ0v) is 15.6. The third kappa shape index (κ3) is 3.14. The molecule has 0 aliphatic heterocycles. The lowest BCUT2D eigenvalue weighted by Gasteiger charge is -2.07. The fourth-order valence-electron chi connectivity index (χ4n) is 2.73. The molecule has 0 unspecified atom stereocenters. The number of hydrogen-bond acceptors (Lipinski definition) is 5. The molecule has 0 spiro atoms. The number of benzene rings is 2.